The second-order valence-corrected chi connectivity index (χ2v) is 5.56. The number of carbonyl (C=O) groups is 1. The Labute approximate surface area is 143 Å². The molecule has 0 saturated carbocycles. The Bertz CT molecular complexity index is 874. The molecule has 7 nitrogen and oxygen atoms in total. The van der Waals surface area contributed by atoms with Crippen molar-refractivity contribution in [3.63, 3.8) is 0 Å². The van der Waals surface area contributed by atoms with Crippen molar-refractivity contribution < 1.29 is 18.7 Å². The Morgan fingerprint density at radius 1 is 1.36 bits per heavy atom. The number of aryl methyl sites for hydroxylation is 1. The number of amides is 1. The molecule has 0 bridgehead atoms. The van der Waals surface area contributed by atoms with Crippen LogP contribution in [0.3, 0.4) is 0 Å². The number of aromatic nitrogens is 3. The van der Waals surface area contributed by atoms with Crippen molar-refractivity contribution in [1.29, 1.82) is 0 Å². The van der Waals surface area contributed by atoms with E-state index in [9.17, 15) is 14.3 Å². The molecule has 1 amide bonds. The van der Waals surface area contributed by atoms with E-state index in [0.717, 1.165) is 5.76 Å². The quantitative estimate of drug-likeness (QED) is 0.713. The number of furan rings is 1. The van der Waals surface area contributed by atoms with Crippen LogP contribution in [0.25, 0.3) is 0 Å². The van der Waals surface area contributed by atoms with E-state index in [1.54, 1.807) is 18.2 Å². The van der Waals surface area contributed by atoms with Gasteiger partial charge in [0.25, 0.3) is 5.91 Å². The van der Waals surface area contributed by atoms with E-state index in [0.29, 0.717) is 5.76 Å². The Morgan fingerprint density at radius 2 is 2.16 bits per heavy atom. The van der Waals surface area contributed by atoms with E-state index in [4.69, 9.17) is 4.42 Å². The second-order valence-electron chi connectivity index (χ2n) is 5.56. The number of halogens is 1. The molecule has 25 heavy (non-hydrogen) atoms. The van der Waals surface area contributed by atoms with Gasteiger partial charge in [0.2, 0.25) is 0 Å². The number of hydrogen-bond donors (Lipinski definition) is 2. The van der Waals surface area contributed by atoms with Gasteiger partial charge in [-0.15, -0.1) is 5.10 Å². The first kappa shape index (κ1) is 16.8. The lowest BCUT2D eigenvalue weighted by Crippen LogP contribution is -2.23. The Balaban J connectivity index is 1.60. The smallest absolute Gasteiger partial charge is 0.273 e. The molecule has 0 unspecified atom stereocenters. The fraction of sp³-hybridized carbons (Fsp3) is 0.235. The molecule has 0 fully saturated rings. The van der Waals surface area contributed by atoms with Gasteiger partial charge in [0.15, 0.2) is 5.69 Å². The fourth-order valence-corrected chi connectivity index (χ4v) is 2.35. The minimum atomic E-state index is -1.09. The van der Waals surface area contributed by atoms with E-state index < -0.39 is 17.8 Å². The van der Waals surface area contributed by atoms with Gasteiger partial charge in [-0.1, -0.05) is 23.4 Å². The lowest BCUT2D eigenvalue weighted by atomic mass is 10.1. The first-order valence-electron chi connectivity index (χ1n) is 7.69. The van der Waals surface area contributed by atoms with Crippen molar-refractivity contribution in [2.45, 2.75) is 26.1 Å². The summed E-state index contributed by atoms with van der Waals surface area (Å²) in [6.07, 6.45) is 0.303. The lowest BCUT2D eigenvalue weighted by molar-refractivity contribution is 0.0942. The van der Waals surface area contributed by atoms with E-state index in [2.05, 4.69) is 15.6 Å². The molecular weight excluding hydrogens is 327 g/mol. The van der Waals surface area contributed by atoms with E-state index in [-0.39, 0.29) is 24.3 Å². The third kappa shape index (κ3) is 4.10. The van der Waals surface area contributed by atoms with Gasteiger partial charge in [0.05, 0.1) is 19.3 Å². The summed E-state index contributed by atoms with van der Waals surface area (Å²) in [4.78, 5) is 12.1. The summed E-state index contributed by atoms with van der Waals surface area (Å²) in [6.45, 7) is 2.04. The molecule has 1 aromatic carbocycles. The Kier molecular flexibility index (Phi) is 4.90. The molecule has 3 aromatic rings. The maximum Gasteiger partial charge on any atom is 0.273 e. The van der Waals surface area contributed by atoms with Crippen molar-refractivity contribution >= 4 is 5.91 Å². The summed E-state index contributed by atoms with van der Waals surface area (Å²) in [6, 6.07) is 9.53. The molecule has 0 saturated heterocycles. The highest BCUT2D eigenvalue weighted by Gasteiger charge is 2.16. The molecule has 1 atom stereocenters. The third-order valence-corrected chi connectivity index (χ3v) is 3.61. The second kappa shape index (κ2) is 7.27. The average molecular weight is 344 g/mol. The molecule has 0 aliphatic rings. The standard InChI is InChI=1S/C17H17FN4O3/c1-11-6-7-12(25-11)8-19-17(24)15-9-22(21-20-15)10-16(23)13-4-2-3-5-14(13)18/h2-7,9,16,23H,8,10H2,1H3,(H,19,24)/t16-/m1/s1. The van der Waals surface area contributed by atoms with Gasteiger partial charge < -0.3 is 14.8 Å². The van der Waals surface area contributed by atoms with Crippen LogP contribution in [-0.4, -0.2) is 26.0 Å². The van der Waals surface area contributed by atoms with Crippen LogP contribution in [0.5, 0.6) is 0 Å². The van der Waals surface area contributed by atoms with Crippen molar-refractivity contribution in [3.05, 3.63) is 71.2 Å². The summed E-state index contributed by atoms with van der Waals surface area (Å²) in [7, 11) is 0. The van der Waals surface area contributed by atoms with Gasteiger partial charge >= 0.3 is 0 Å². The topological polar surface area (TPSA) is 93.2 Å². The molecule has 0 aliphatic carbocycles. The number of nitrogens with one attached hydrogen (secondary N) is 1. The predicted octanol–water partition coefficient (Wildman–Crippen LogP) is 1.98. The normalized spacial score (nSPS) is 12.1. The zero-order valence-corrected chi connectivity index (χ0v) is 13.5. The fourth-order valence-electron chi connectivity index (χ4n) is 2.35. The highest BCUT2D eigenvalue weighted by atomic mass is 19.1. The summed E-state index contributed by atoms with van der Waals surface area (Å²) in [5.41, 5.74) is 0.265. The van der Waals surface area contributed by atoms with Crippen LogP contribution in [0.15, 0.2) is 47.0 Å². The molecule has 2 N–H and O–H groups in total. The first-order valence-corrected chi connectivity index (χ1v) is 7.69. The number of nitrogens with zero attached hydrogens (tertiary/aromatic N) is 3. The maximum absolute atomic E-state index is 13.7. The number of aliphatic hydroxyl groups excluding tert-OH is 1. The zero-order chi connectivity index (χ0) is 17.8. The average Bonchev–Trinajstić information content (AvgIpc) is 3.22. The minimum Gasteiger partial charge on any atom is -0.465 e. The number of aliphatic hydroxyl groups is 1. The van der Waals surface area contributed by atoms with E-state index in [1.165, 1.54) is 23.0 Å². The van der Waals surface area contributed by atoms with Crippen molar-refractivity contribution in [2.24, 2.45) is 0 Å². The highest BCUT2D eigenvalue weighted by Crippen LogP contribution is 2.18. The highest BCUT2D eigenvalue weighted by molar-refractivity contribution is 5.91. The molecule has 0 aliphatic heterocycles. The number of benzene rings is 1. The summed E-state index contributed by atoms with van der Waals surface area (Å²) < 4.78 is 20.3. The monoisotopic (exact) mass is 344 g/mol. The minimum absolute atomic E-state index is 0.0153. The number of rotatable bonds is 6. The van der Waals surface area contributed by atoms with E-state index in [1.807, 2.05) is 13.0 Å². The summed E-state index contributed by atoms with van der Waals surface area (Å²) >= 11 is 0. The molecule has 8 heteroatoms. The third-order valence-electron chi connectivity index (χ3n) is 3.61. The predicted molar refractivity (Wildman–Crippen MR) is 86.0 cm³/mol. The maximum atomic E-state index is 13.7. The van der Waals surface area contributed by atoms with Crippen LogP contribution in [-0.2, 0) is 13.1 Å². The summed E-state index contributed by atoms with van der Waals surface area (Å²) in [5, 5.41) is 20.3. The van der Waals surface area contributed by atoms with Gasteiger partial charge in [-0.05, 0) is 25.1 Å². The Morgan fingerprint density at radius 3 is 2.88 bits per heavy atom. The van der Waals surface area contributed by atoms with Crippen LogP contribution in [0.4, 0.5) is 4.39 Å². The first-order chi connectivity index (χ1) is 12.0. The molecule has 0 spiro atoms. The van der Waals surface area contributed by atoms with Gasteiger partial charge in [-0.2, -0.15) is 0 Å². The molecular formula is C17H17FN4O3. The number of hydrogen-bond acceptors (Lipinski definition) is 5. The van der Waals surface area contributed by atoms with Crippen LogP contribution in [0.1, 0.15) is 33.7 Å². The molecule has 130 valence electrons. The van der Waals surface area contributed by atoms with Gasteiger partial charge in [0, 0.05) is 5.56 Å². The SMILES string of the molecule is Cc1ccc(CNC(=O)c2cn(C[C@@H](O)c3ccccc3F)nn2)o1. The van der Waals surface area contributed by atoms with Crippen LogP contribution >= 0.6 is 0 Å². The van der Waals surface area contributed by atoms with Crippen LogP contribution in [0.2, 0.25) is 0 Å². The van der Waals surface area contributed by atoms with Crippen LogP contribution < -0.4 is 5.32 Å². The van der Waals surface area contributed by atoms with Gasteiger partial charge in [-0.3, -0.25) is 4.79 Å². The van der Waals surface area contributed by atoms with E-state index >= 15 is 0 Å². The van der Waals surface area contributed by atoms with Crippen LogP contribution in [0, 0.1) is 12.7 Å². The lowest BCUT2D eigenvalue weighted by Gasteiger charge is -2.11. The molecule has 2 aromatic heterocycles. The van der Waals surface area contributed by atoms with Crippen molar-refractivity contribution in [2.75, 3.05) is 0 Å². The zero-order valence-electron chi connectivity index (χ0n) is 13.5. The molecule has 2 heterocycles. The van der Waals surface area contributed by atoms with Gasteiger partial charge in [0.1, 0.15) is 23.4 Å². The largest absolute Gasteiger partial charge is 0.465 e. The Hall–Kier alpha value is -3.00. The molecule has 0 radical (unpaired) electrons. The van der Waals surface area contributed by atoms with Crippen molar-refractivity contribution in [1.82, 2.24) is 20.3 Å². The van der Waals surface area contributed by atoms with Gasteiger partial charge in [-0.25, -0.2) is 9.07 Å². The summed E-state index contributed by atoms with van der Waals surface area (Å²) in [5.74, 6) is 0.480. The number of carbonyl (C=O) groups excluding carboxylic acids is 1. The molecule has 3 rings (SSSR count). The van der Waals surface area contributed by atoms with Crippen molar-refractivity contribution in [3.8, 4) is 0 Å².